The van der Waals surface area contributed by atoms with Gasteiger partial charge in [0.1, 0.15) is 17.4 Å². The van der Waals surface area contributed by atoms with Crippen LogP contribution >= 0.6 is 23.5 Å². The van der Waals surface area contributed by atoms with Gasteiger partial charge < -0.3 is 0 Å². The maximum Gasteiger partial charge on any atom is 0.187 e. The molecule has 9 heteroatoms. The molecule has 2 atom stereocenters. The fourth-order valence-electron chi connectivity index (χ4n) is 3.99. The molecule has 0 fully saturated rings. The Bertz CT molecular complexity index is 1220. The molecule has 5 nitrogen and oxygen atoms in total. The topological polar surface area (TPSA) is 68.6 Å². The van der Waals surface area contributed by atoms with Crippen molar-refractivity contribution in [2.24, 2.45) is 0 Å². The molecular formula is C27H24F2N4OS2. The second-order valence-electron chi connectivity index (χ2n) is 8.09. The number of hydrogen-bond acceptors (Lipinski definition) is 7. The Morgan fingerprint density at radius 1 is 0.694 bits per heavy atom. The smallest absolute Gasteiger partial charge is 0.187 e. The van der Waals surface area contributed by atoms with Crippen LogP contribution in [0.15, 0.2) is 83.4 Å². The maximum absolute atomic E-state index is 14.2. The van der Waals surface area contributed by atoms with E-state index in [2.05, 4.69) is 19.9 Å². The first-order valence-corrected chi connectivity index (χ1v) is 13.7. The standard InChI is InChI=1S/C27H24F2N4OS2/c1-35-26-30-13-11-21(32-26)15-23(17-3-7-19(28)8-4-17)25(34)24(18-5-9-20(29)10-6-18)16-22-12-14-31-27(33-22)36-2/h3-14,23-24H,15-16H2,1-2H3. The number of carbonyl (C=O) groups excluding carboxylic acids is 1. The Balaban J connectivity index is 1.75. The van der Waals surface area contributed by atoms with Crippen molar-refractivity contribution in [3.63, 3.8) is 0 Å². The van der Waals surface area contributed by atoms with E-state index in [0.717, 1.165) is 0 Å². The Kier molecular flexibility index (Phi) is 8.77. The first-order chi connectivity index (χ1) is 17.5. The van der Waals surface area contributed by atoms with E-state index in [0.29, 0.717) is 45.7 Å². The molecule has 36 heavy (non-hydrogen) atoms. The highest BCUT2D eigenvalue weighted by Crippen LogP contribution is 2.32. The predicted molar refractivity (Wildman–Crippen MR) is 138 cm³/mol. The van der Waals surface area contributed by atoms with Gasteiger partial charge in [0.05, 0.1) is 0 Å². The first-order valence-electron chi connectivity index (χ1n) is 11.2. The maximum atomic E-state index is 14.2. The van der Waals surface area contributed by atoms with E-state index in [1.165, 1.54) is 47.8 Å². The molecule has 0 amide bonds. The number of hydrogen-bond donors (Lipinski definition) is 0. The minimum absolute atomic E-state index is 0.0816. The van der Waals surface area contributed by atoms with Gasteiger partial charge in [-0.3, -0.25) is 4.79 Å². The largest absolute Gasteiger partial charge is 0.298 e. The van der Waals surface area contributed by atoms with Gasteiger partial charge in [-0.25, -0.2) is 28.7 Å². The number of halogens is 2. The van der Waals surface area contributed by atoms with E-state index >= 15 is 0 Å². The monoisotopic (exact) mass is 522 g/mol. The molecule has 2 heterocycles. The van der Waals surface area contributed by atoms with Crippen LogP contribution in [0.4, 0.5) is 8.78 Å². The zero-order chi connectivity index (χ0) is 25.5. The zero-order valence-corrected chi connectivity index (χ0v) is 21.4. The molecule has 2 aromatic carbocycles. The van der Waals surface area contributed by atoms with Crippen LogP contribution < -0.4 is 0 Å². The van der Waals surface area contributed by atoms with Crippen LogP contribution in [-0.2, 0) is 17.6 Å². The van der Waals surface area contributed by atoms with E-state index < -0.39 is 11.8 Å². The summed E-state index contributed by atoms with van der Waals surface area (Å²) < 4.78 is 27.5. The van der Waals surface area contributed by atoms with Gasteiger partial charge in [-0.05, 0) is 60.0 Å². The lowest BCUT2D eigenvalue weighted by atomic mass is 9.79. The third kappa shape index (κ3) is 6.53. The fraction of sp³-hybridized carbons (Fsp3) is 0.222. The fourth-order valence-corrected chi connectivity index (χ4v) is 4.74. The van der Waals surface area contributed by atoms with Crippen LogP contribution in [0.25, 0.3) is 0 Å². The summed E-state index contributed by atoms with van der Waals surface area (Å²) in [5, 5.41) is 1.22. The van der Waals surface area contributed by atoms with E-state index in [1.807, 2.05) is 12.5 Å². The number of thioether (sulfide) groups is 2. The lowest BCUT2D eigenvalue weighted by Crippen LogP contribution is -2.25. The van der Waals surface area contributed by atoms with Crippen LogP contribution in [-0.4, -0.2) is 38.2 Å². The van der Waals surface area contributed by atoms with Crippen molar-refractivity contribution >= 4 is 29.3 Å². The number of carbonyl (C=O) groups is 1. The van der Waals surface area contributed by atoms with Gasteiger partial charge in [-0.2, -0.15) is 0 Å². The Labute approximate surface area is 217 Å². The van der Waals surface area contributed by atoms with Gasteiger partial charge in [-0.15, -0.1) is 0 Å². The summed E-state index contributed by atoms with van der Waals surface area (Å²) in [6.45, 7) is 0. The normalized spacial score (nSPS) is 12.8. The summed E-state index contributed by atoms with van der Waals surface area (Å²) in [6, 6.07) is 15.5. The molecule has 0 saturated heterocycles. The number of aromatic nitrogens is 4. The summed E-state index contributed by atoms with van der Waals surface area (Å²) in [6.07, 6.45) is 7.75. The van der Waals surface area contributed by atoms with Gasteiger partial charge in [0.2, 0.25) is 0 Å². The van der Waals surface area contributed by atoms with Crippen molar-refractivity contribution in [2.45, 2.75) is 35.0 Å². The molecule has 184 valence electrons. The molecule has 0 radical (unpaired) electrons. The summed E-state index contributed by atoms with van der Waals surface area (Å²) in [5.41, 5.74) is 2.79. The molecule has 0 aliphatic rings. The van der Waals surface area contributed by atoms with Gasteiger partial charge >= 0.3 is 0 Å². The van der Waals surface area contributed by atoms with Gasteiger partial charge in [0.15, 0.2) is 10.3 Å². The molecule has 0 saturated carbocycles. The van der Waals surface area contributed by atoms with Crippen LogP contribution in [0.5, 0.6) is 0 Å². The highest BCUT2D eigenvalue weighted by atomic mass is 32.2. The Hall–Kier alpha value is -3.17. The number of benzene rings is 2. The van der Waals surface area contributed by atoms with Crippen molar-refractivity contribution in [3.05, 3.63) is 107 Å². The van der Waals surface area contributed by atoms with Crippen LogP contribution in [0.3, 0.4) is 0 Å². The van der Waals surface area contributed by atoms with Gasteiger partial charge in [-0.1, -0.05) is 47.8 Å². The number of Topliss-reactive ketones (excluding diaryl/α,β-unsaturated/α-hetero) is 1. The van der Waals surface area contributed by atoms with E-state index in [9.17, 15) is 13.6 Å². The Morgan fingerprint density at radius 3 is 1.44 bits per heavy atom. The van der Waals surface area contributed by atoms with Gasteiger partial charge in [0.25, 0.3) is 0 Å². The van der Waals surface area contributed by atoms with Crippen LogP contribution in [0.2, 0.25) is 0 Å². The summed E-state index contributed by atoms with van der Waals surface area (Å²) >= 11 is 2.84. The molecule has 2 aromatic heterocycles. The van der Waals surface area contributed by atoms with Gasteiger partial charge in [0, 0.05) is 48.5 Å². The van der Waals surface area contributed by atoms with E-state index in [1.54, 1.807) is 48.8 Å². The molecule has 2 unspecified atom stereocenters. The summed E-state index contributed by atoms with van der Waals surface area (Å²) in [7, 11) is 0. The van der Waals surface area contributed by atoms with E-state index in [-0.39, 0.29) is 17.4 Å². The third-order valence-corrected chi connectivity index (χ3v) is 6.93. The average molecular weight is 523 g/mol. The lowest BCUT2D eigenvalue weighted by Gasteiger charge is -2.23. The zero-order valence-electron chi connectivity index (χ0n) is 19.8. The molecular weight excluding hydrogens is 498 g/mol. The molecule has 0 spiro atoms. The quantitative estimate of drug-likeness (QED) is 0.189. The molecule has 4 rings (SSSR count). The van der Waals surface area contributed by atoms with Crippen molar-refractivity contribution in [2.75, 3.05) is 12.5 Å². The SMILES string of the molecule is CSc1nccc(CC(C(=O)C(Cc2ccnc(SC)n2)c2ccc(F)cc2)c2ccc(F)cc2)n1. The minimum atomic E-state index is -0.605. The van der Waals surface area contributed by atoms with E-state index in [4.69, 9.17) is 0 Å². The van der Waals surface area contributed by atoms with Crippen LogP contribution in [0, 0.1) is 11.6 Å². The second-order valence-corrected chi connectivity index (χ2v) is 9.64. The minimum Gasteiger partial charge on any atom is -0.298 e. The third-order valence-electron chi connectivity index (χ3n) is 5.81. The summed E-state index contributed by atoms with van der Waals surface area (Å²) in [5.74, 6) is -2.05. The lowest BCUT2D eigenvalue weighted by molar-refractivity contribution is -0.122. The molecule has 0 aliphatic carbocycles. The predicted octanol–water partition coefficient (Wildman–Crippen LogP) is 5.91. The molecule has 4 aromatic rings. The number of rotatable bonds is 10. The van der Waals surface area contributed by atoms with Crippen molar-refractivity contribution in [1.29, 1.82) is 0 Å². The molecule has 0 aliphatic heterocycles. The van der Waals surface area contributed by atoms with Crippen molar-refractivity contribution in [3.8, 4) is 0 Å². The number of ketones is 1. The van der Waals surface area contributed by atoms with Crippen molar-refractivity contribution in [1.82, 2.24) is 19.9 Å². The number of nitrogens with zero attached hydrogens (tertiary/aromatic N) is 4. The molecule has 0 bridgehead atoms. The van der Waals surface area contributed by atoms with Crippen molar-refractivity contribution < 1.29 is 13.6 Å². The van der Waals surface area contributed by atoms with Crippen LogP contribution in [0.1, 0.15) is 34.4 Å². The average Bonchev–Trinajstić information content (AvgIpc) is 2.91. The first kappa shape index (κ1) is 25.9. The summed E-state index contributed by atoms with van der Waals surface area (Å²) in [4.78, 5) is 31.8. The second kappa shape index (κ2) is 12.2. The Morgan fingerprint density at radius 2 is 1.08 bits per heavy atom. The molecule has 0 N–H and O–H groups in total. The highest BCUT2D eigenvalue weighted by molar-refractivity contribution is 7.98. The highest BCUT2D eigenvalue weighted by Gasteiger charge is 2.31.